The van der Waals surface area contributed by atoms with E-state index in [4.69, 9.17) is 5.11 Å². The van der Waals surface area contributed by atoms with Crippen LogP contribution in [0.15, 0.2) is 11.4 Å². The van der Waals surface area contributed by atoms with Crippen molar-refractivity contribution < 1.29 is 9.90 Å². The highest BCUT2D eigenvalue weighted by molar-refractivity contribution is 7.14. The van der Waals surface area contributed by atoms with Crippen molar-refractivity contribution in [2.45, 2.75) is 26.3 Å². The molecule has 13 heavy (non-hydrogen) atoms. The van der Waals surface area contributed by atoms with Crippen LogP contribution in [0.5, 0.6) is 0 Å². The zero-order chi connectivity index (χ0) is 9.84. The van der Waals surface area contributed by atoms with Gasteiger partial charge in [0, 0.05) is 0 Å². The smallest absolute Gasteiger partial charge is 0.325 e. The SMILES string of the molecule is CCc1csc(NC(C)C(=O)O)c1. The average molecular weight is 199 g/mol. The Bertz CT molecular complexity index is 296. The Morgan fingerprint density at radius 2 is 2.46 bits per heavy atom. The first kappa shape index (κ1) is 10.1. The third-order valence-corrected chi connectivity index (χ3v) is 2.70. The van der Waals surface area contributed by atoms with Crippen LogP contribution in [-0.4, -0.2) is 17.1 Å². The molecule has 0 saturated carbocycles. The Balaban J connectivity index is 2.58. The van der Waals surface area contributed by atoms with Gasteiger partial charge in [-0.15, -0.1) is 11.3 Å². The van der Waals surface area contributed by atoms with Gasteiger partial charge in [-0.2, -0.15) is 0 Å². The minimum absolute atomic E-state index is 0.525. The number of carboxylic acids is 1. The van der Waals surface area contributed by atoms with E-state index in [2.05, 4.69) is 12.2 Å². The fourth-order valence-electron chi connectivity index (χ4n) is 0.912. The van der Waals surface area contributed by atoms with E-state index in [0.717, 1.165) is 11.4 Å². The van der Waals surface area contributed by atoms with E-state index in [1.54, 1.807) is 18.3 Å². The molecule has 1 heterocycles. The van der Waals surface area contributed by atoms with Crippen LogP contribution in [0, 0.1) is 0 Å². The average Bonchev–Trinajstić information content (AvgIpc) is 2.52. The molecule has 0 amide bonds. The van der Waals surface area contributed by atoms with Gasteiger partial charge in [0.1, 0.15) is 6.04 Å². The van der Waals surface area contributed by atoms with Gasteiger partial charge in [-0.1, -0.05) is 6.92 Å². The van der Waals surface area contributed by atoms with E-state index in [0.29, 0.717) is 0 Å². The lowest BCUT2D eigenvalue weighted by Crippen LogP contribution is -2.24. The molecule has 0 aromatic carbocycles. The van der Waals surface area contributed by atoms with E-state index < -0.39 is 12.0 Å². The Hall–Kier alpha value is -1.03. The number of aryl methyl sites for hydroxylation is 1. The normalized spacial score (nSPS) is 12.5. The third kappa shape index (κ3) is 2.73. The maximum atomic E-state index is 10.5. The minimum atomic E-state index is -0.827. The third-order valence-electron chi connectivity index (χ3n) is 1.79. The van der Waals surface area contributed by atoms with E-state index in [-0.39, 0.29) is 0 Å². The van der Waals surface area contributed by atoms with Crippen LogP contribution < -0.4 is 5.32 Å². The molecule has 0 fully saturated rings. The molecule has 0 radical (unpaired) electrons. The van der Waals surface area contributed by atoms with Crippen molar-refractivity contribution >= 4 is 22.3 Å². The van der Waals surface area contributed by atoms with Gasteiger partial charge in [0.15, 0.2) is 0 Å². The van der Waals surface area contributed by atoms with E-state index in [1.807, 2.05) is 11.4 Å². The molecule has 0 aliphatic carbocycles. The largest absolute Gasteiger partial charge is 0.480 e. The molecule has 0 aliphatic rings. The highest BCUT2D eigenvalue weighted by Crippen LogP contribution is 2.21. The molecule has 1 aromatic heterocycles. The molecule has 0 saturated heterocycles. The Labute approximate surface area is 81.4 Å². The molecule has 1 atom stereocenters. The zero-order valence-electron chi connectivity index (χ0n) is 7.70. The number of nitrogens with one attached hydrogen (secondary N) is 1. The first-order chi connectivity index (χ1) is 6.13. The van der Waals surface area contributed by atoms with Gasteiger partial charge in [-0.25, -0.2) is 0 Å². The second-order valence-corrected chi connectivity index (χ2v) is 3.79. The molecule has 72 valence electrons. The number of carbonyl (C=O) groups is 1. The van der Waals surface area contributed by atoms with Crippen LogP contribution in [0.25, 0.3) is 0 Å². The number of hydrogen-bond acceptors (Lipinski definition) is 3. The Morgan fingerprint density at radius 3 is 2.92 bits per heavy atom. The van der Waals surface area contributed by atoms with Crippen molar-refractivity contribution in [2.24, 2.45) is 0 Å². The monoisotopic (exact) mass is 199 g/mol. The summed E-state index contributed by atoms with van der Waals surface area (Å²) in [5.41, 5.74) is 1.24. The summed E-state index contributed by atoms with van der Waals surface area (Å²) in [6.45, 7) is 3.71. The number of aliphatic carboxylic acids is 1. The van der Waals surface area contributed by atoms with E-state index in [1.165, 1.54) is 5.56 Å². The van der Waals surface area contributed by atoms with Crippen LogP contribution in [-0.2, 0) is 11.2 Å². The second kappa shape index (κ2) is 4.28. The summed E-state index contributed by atoms with van der Waals surface area (Å²) in [6.07, 6.45) is 0.986. The molecule has 0 aliphatic heterocycles. The maximum Gasteiger partial charge on any atom is 0.325 e. The molecule has 3 nitrogen and oxygen atoms in total. The summed E-state index contributed by atoms with van der Waals surface area (Å²) in [6, 6.07) is 1.47. The lowest BCUT2D eigenvalue weighted by atomic mass is 10.2. The topological polar surface area (TPSA) is 49.3 Å². The molecule has 2 N–H and O–H groups in total. The Kier molecular flexibility index (Phi) is 3.31. The summed E-state index contributed by atoms with van der Waals surface area (Å²) in [5.74, 6) is -0.827. The van der Waals surface area contributed by atoms with Crippen molar-refractivity contribution in [1.82, 2.24) is 0 Å². The summed E-state index contributed by atoms with van der Waals surface area (Å²) in [7, 11) is 0. The number of rotatable bonds is 4. The summed E-state index contributed by atoms with van der Waals surface area (Å²) >= 11 is 1.55. The number of carboxylic acid groups (broad SMARTS) is 1. The van der Waals surface area contributed by atoms with Crippen molar-refractivity contribution in [3.05, 3.63) is 17.0 Å². The van der Waals surface area contributed by atoms with Crippen molar-refractivity contribution in [1.29, 1.82) is 0 Å². The molecular weight excluding hydrogens is 186 g/mol. The molecule has 1 aromatic rings. The van der Waals surface area contributed by atoms with Crippen molar-refractivity contribution in [3.63, 3.8) is 0 Å². The van der Waals surface area contributed by atoms with Crippen LogP contribution in [0.3, 0.4) is 0 Å². The standard InChI is InChI=1S/C9H13NO2S/c1-3-7-4-8(13-5-7)10-6(2)9(11)12/h4-6,10H,3H2,1-2H3,(H,11,12). The van der Waals surface area contributed by atoms with Gasteiger partial charge < -0.3 is 10.4 Å². The summed E-state index contributed by atoms with van der Waals surface area (Å²) in [5, 5.41) is 14.5. The quantitative estimate of drug-likeness (QED) is 0.781. The van der Waals surface area contributed by atoms with Gasteiger partial charge >= 0.3 is 5.97 Å². The summed E-state index contributed by atoms with van der Waals surface area (Å²) < 4.78 is 0. The lowest BCUT2D eigenvalue weighted by molar-refractivity contribution is -0.137. The van der Waals surface area contributed by atoms with Crippen LogP contribution in [0.1, 0.15) is 19.4 Å². The molecule has 4 heteroatoms. The second-order valence-electron chi connectivity index (χ2n) is 2.88. The predicted octanol–water partition coefficient (Wildman–Crippen LogP) is 2.20. The van der Waals surface area contributed by atoms with Gasteiger partial charge in [-0.3, -0.25) is 4.79 Å². The van der Waals surface area contributed by atoms with Crippen LogP contribution >= 0.6 is 11.3 Å². The number of hydrogen-bond donors (Lipinski definition) is 2. The van der Waals surface area contributed by atoms with Gasteiger partial charge in [-0.05, 0) is 30.4 Å². The van der Waals surface area contributed by atoms with E-state index in [9.17, 15) is 4.79 Å². The molecule has 1 unspecified atom stereocenters. The van der Waals surface area contributed by atoms with Gasteiger partial charge in [0.2, 0.25) is 0 Å². The van der Waals surface area contributed by atoms with E-state index >= 15 is 0 Å². The number of anilines is 1. The fraction of sp³-hybridized carbons (Fsp3) is 0.444. The maximum absolute atomic E-state index is 10.5. The predicted molar refractivity (Wildman–Crippen MR) is 54.4 cm³/mol. The van der Waals surface area contributed by atoms with Crippen molar-refractivity contribution in [2.75, 3.05) is 5.32 Å². The van der Waals surface area contributed by atoms with Gasteiger partial charge in [0.25, 0.3) is 0 Å². The first-order valence-corrected chi connectivity index (χ1v) is 5.08. The minimum Gasteiger partial charge on any atom is -0.480 e. The number of thiophene rings is 1. The molecule has 0 bridgehead atoms. The van der Waals surface area contributed by atoms with Crippen LogP contribution in [0.2, 0.25) is 0 Å². The van der Waals surface area contributed by atoms with Gasteiger partial charge in [0.05, 0.1) is 5.00 Å². The molecule has 0 spiro atoms. The zero-order valence-corrected chi connectivity index (χ0v) is 8.52. The summed E-state index contributed by atoms with van der Waals surface area (Å²) in [4.78, 5) is 10.5. The highest BCUT2D eigenvalue weighted by Gasteiger charge is 2.10. The fourth-order valence-corrected chi connectivity index (χ4v) is 1.89. The first-order valence-electron chi connectivity index (χ1n) is 4.20. The van der Waals surface area contributed by atoms with Crippen LogP contribution in [0.4, 0.5) is 5.00 Å². The molecule has 1 rings (SSSR count). The highest BCUT2D eigenvalue weighted by atomic mass is 32.1. The molecular formula is C9H13NO2S. The lowest BCUT2D eigenvalue weighted by Gasteiger charge is -2.07. The Morgan fingerprint density at radius 1 is 1.77 bits per heavy atom. The van der Waals surface area contributed by atoms with Crippen molar-refractivity contribution in [3.8, 4) is 0 Å².